The molecule has 34 heavy (non-hydrogen) atoms. The van der Waals surface area contributed by atoms with E-state index in [-0.39, 0.29) is 38.5 Å². The number of nitrogens with zero attached hydrogens (tertiary/aromatic N) is 1. The van der Waals surface area contributed by atoms with Crippen molar-refractivity contribution in [3.05, 3.63) is 35.9 Å². The standard InChI is InChI=1S/C25H38N2O7/c1-6-8-15-27(16-14-22(29)32-7-2)21(28)17-20(23(30)34-25(3,4)5)26-24(31)33-18-19-12-10-9-11-13-19/h9-13,20H,6-8,14-18H2,1-5H3,(H,26,31)/t20-/m0/s1. The molecule has 2 amide bonds. The van der Waals surface area contributed by atoms with Crippen LogP contribution >= 0.6 is 0 Å². The molecule has 0 unspecified atom stereocenters. The fraction of sp³-hybridized carbons (Fsp3) is 0.600. The van der Waals surface area contributed by atoms with Crippen LogP contribution < -0.4 is 5.32 Å². The molecule has 0 bridgehead atoms. The average Bonchev–Trinajstić information content (AvgIpc) is 2.77. The highest BCUT2D eigenvalue weighted by atomic mass is 16.6. The van der Waals surface area contributed by atoms with Gasteiger partial charge >= 0.3 is 18.0 Å². The summed E-state index contributed by atoms with van der Waals surface area (Å²) in [4.78, 5) is 51.4. The Morgan fingerprint density at radius 2 is 1.68 bits per heavy atom. The minimum atomic E-state index is -1.23. The summed E-state index contributed by atoms with van der Waals surface area (Å²) in [5, 5.41) is 2.46. The van der Waals surface area contributed by atoms with Gasteiger partial charge in [0.2, 0.25) is 5.91 Å². The zero-order valence-electron chi connectivity index (χ0n) is 20.9. The van der Waals surface area contributed by atoms with Crippen molar-refractivity contribution in [3.8, 4) is 0 Å². The van der Waals surface area contributed by atoms with Crippen LogP contribution in [0.4, 0.5) is 4.79 Å². The number of carbonyl (C=O) groups excluding carboxylic acids is 4. The number of hydrogen-bond donors (Lipinski definition) is 1. The highest BCUT2D eigenvalue weighted by Crippen LogP contribution is 2.12. The van der Waals surface area contributed by atoms with Gasteiger partial charge in [0.1, 0.15) is 18.2 Å². The molecular weight excluding hydrogens is 440 g/mol. The summed E-state index contributed by atoms with van der Waals surface area (Å²) in [5.74, 6) is -1.52. The minimum Gasteiger partial charge on any atom is -0.466 e. The Kier molecular flexibility index (Phi) is 12.7. The van der Waals surface area contributed by atoms with Crippen LogP contribution in [-0.2, 0) is 35.2 Å². The van der Waals surface area contributed by atoms with E-state index in [1.807, 2.05) is 25.1 Å². The SMILES string of the molecule is CCCCN(CCC(=O)OCC)C(=O)C[C@H](NC(=O)OCc1ccccc1)C(=O)OC(C)(C)C. The van der Waals surface area contributed by atoms with Gasteiger partial charge in [-0.3, -0.25) is 9.59 Å². The van der Waals surface area contributed by atoms with Crippen molar-refractivity contribution >= 4 is 23.9 Å². The van der Waals surface area contributed by atoms with Gasteiger partial charge in [-0.2, -0.15) is 0 Å². The van der Waals surface area contributed by atoms with Crippen LogP contribution in [-0.4, -0.2) is 60.2 Å². The lowest BCUT2D eigenvalue weighted by Gasteiger charge is -2.27. The molecule has 0 aliphatic rings. The molecule has 0 saturated carbocycles. The zero-order chi connectivity index (χ0) is 25.6. The second-order valence-corrected chi connectivity index (χ2v) is 8.79. The number of carbonyl (C=O) groups is 4. The van der Waals surface area contributed by atoms with Crippen LogP contribution in [0, 0.1) is 0 Å². The first kappa shape index (κ1) is 28.9. The monoisotopic (exact) mass is 478 g/mol. The van der Waals surface area contributed by atoms with E-state index in [9.17, 15) is 19.2 Å². The van der Waals surface area contributed by atoms with Gasteiger partial charge in [0.05, 0.1) is 19.4 Å². The number of esters is 2. The Labute approximate surface area is 202 Å². The molecule has 190 valence electrons. The Morgan fingerprint density at radius 1 is 1.00 bits per heavy atom. The van der Waals surface area contributed by atoms with Crippen LogP contribution in [0.3, 0.4) is 0 Å². The van der Waals surface area contributed by atoms with E-state index in [0.717, 1.165) is 18.4 Å². The molecular formula is C25H38N2O7. The number of unbranched alkanes of at least 4 members (excludes halogenated alkanes) is 1. The van der Waals surface area contributed by atoms with E-state index in [2.05, 4.69) is 5.32 Å². The Bertz CT molecular complexity index is 790. The fourth-order valence-electron chi connectivity index (χ4n) is 2.95. The van der Waals surface area contributed by atoms with Gasteiger partial charge in [-0.05, 0) is 39.7 Å². The maximum atomic E-state index is 13.0. The third-order valence-corrected chi connectivity index (χ3v) is 4.60. The van der Waals surface area contributed by atoms with Gasteiger partial charge < -0.3 is 24.4 Å². The number of nitrogens with one attached hydrogen (secondary N) is 1. The summed E-state index contributed by atoms with van der Waals surface area (Å²) in [6, 6.07) is 7.86. The molecule has 0 aliphatic carbocycles. The normalized spacial score (nSPS) is 11.8. The van der Waals surface area contributed by atoms with Gasteiger partial charge in [0.25, 0.3) is 0 Å². The molecule has 0 fully saturated rings. The molecule has 0 saturated heterocycles. The maximum Gasteiger partial charge on any atom is 0.408 e. The summed E-state index contributed by atoms with van der Waals surface area (Å²) >= 11 is 0. The summed E-state index contributed by atoms with van der Waals surface area (Å²) in [6.45, 7) is 9.67. The highest BCUT2D eigenvalue weighted by Gasteiger charge is 2.31. The van der Waals surface area contributed by atoms with Gasteiger partial charge in [-0.1, -0.05) is 43.7 Å². The molecule has 1 atom stereocenters. The Hall–Kier alpha value is -3.10. The third-order valence-electron chi connectivity index (χ3n) is 4.60. The van der Waals surface area contributed by atoms with E-state index >= 15 is 0 Å². The van der Waals surface area contributed by atoms with E-state index in [4.69, 9.17) is 14.2 Å². The van der Waals surface area contributed by atoms with Crippen LogP contribution in [0.25, 0.3) is 0 Å². The molecule has 1 aromatic rings. The first-order valence-corrected chi connectivity index (χ1v) is 11.7. The van der Waals surface area contributed by atoms with Crippen molar-refractivity contribution in [1.82, 2.24) is 10.2 Å². The van der Waals surface area contributed by atoms with Gasteiger partial charge in [-0.25, -0.2) is 9.59 Å². The topological polar surface area (TPSA) is 111 Å². The Morgan fingerprint density at radius 3 is 2.26 bits per heavy atom. The number of benzene rings is 1. The first-order valence-electron chi connectivity index (χ1n) is 11.7. The predicted octanol–water partition coefficient (Wildman–Crippen LogP) is 3.60. The lowest BCUT2D eigenvalue weighted by Crippen LogP contribution is -2.48. The minimum absolute atomic E-state index is 0.0177. The first-order chi connectivity index (χ1) is 16.1. The molecule has 1 N–H and O–H groups in total. The van der Waals surface area contributed by atoms with Gasteiger partial charge in [-0.15, -0.1) is 0 Å². The number of ether oxygens (including phenoxy) is 3. The third kappa shape index (κ3) is 12.2. The predicted molar refractivity (Wildman–Crippen MR) is 127 cm³/mol. The molecule has 1 aromatic carbocycles. The lowest BCUT2D eigenvalue weighted by atomic mass is 10.1. The number of amides is 2. The summed E-state index contributed by atoms with van der Waals surface area (Å²) < 4.78 is 15.6. The van der Waals surface area contributed by atoms with E-state index in [0.29, 0.717) is 6.54 Å². The molecule has 0 aromatic heterocycles. The van der Waals surface area contributed by atoms with Crippen LogP contribution in [0.2, 0.25) is 0 Å². The average molecular weight is 479 g/mol. The molecule has 9 heteroatoms. The number of rotatable bonds is 13. The largest absolute Gasteiger partial charge is 0.466 e. The summed E-state index contributed by atoms with van der Waals surface area (Å²) in [6.07, 6.45) is 0.481. The number of alkyl carbamates (subject to hydrolysis) is 1. The molecule has 1 rings (SSSR count). The van der Waals surface area contributed by atoms with Crippen molar-refractivity contribution in [2.75, 3.05) is 19.7 Å². The lowest BCUT2D eigenvalue weighted by molar-refractivity contribution is -0.159. The quantitative estimate of drug-likeness (QED) is 0.341. The van der Waals surface area contributed by atoms with E-state index in [1.165, 1.54) is 4.90 Å². The van der Waals surface area contributed by atoms with E-state index < -0.39 is 29.7 Å². The number of hydrogen-bond acceptors (Lipinski definition) is 7. The van der Waals surface area contributed by atoms with Crippen molar-refractivity contribution in [3.63, 3.8) is 0 Å². The Balaban J connectivity index is 2.86. The second-order valence-electron chi connectivity index (χ2n) is 8.79. The van der Waals surface area contributed by atoms with E-state index in [1.54, 1.807) is 39.8 Å². The summed E-state index contributed by atoms with van der Waals surface area (Å²) in [5.41, 5.74) is -0.0213. The molecule has 0 radical (unpaired) electrons. The molecule has 9 nitrogen and oxygen atoms in total. The summed E-state index contributed by atoms with van der Waals surface area (Å²) in [7, 11) is 0. The van der Waals surface area contributed by atoms with Crippen molar-refractivity contribution in [2.45, 2.75) is 78.6 Å². The molecule has 0 aliphatic heterocycles. The zero-order valence-corrected chi connectivity index (χ0v) is 20.9. The molecule has 0 heterocycles. The van der Waals surface area contributed by atoms with Gasteiger partial charge in [0, 0.05) is 13.1 Å². The van der Waals surface area contributed by atoms with Crippen molar-refractivity contribution in [1.29, 1.82) is 0 Å². The second kappa shape index (κ2) is 14.9. The smallest absolute Gasteiger partial charge is 0.408 e. The maximum absolute atomic E-state index is 13.0. The fourth-order valence-corrected chi connectivity index (χ4v) is 2.95. The highest BCUT2D eigenvalue weighted by molar-refractivity contribution is 5.88. The van der Waals surface area contributed by atoms with Crippen molar-refractivity contribution < 1.29 is 33.4 Å². The van der Waals surface area contributed by atoms with Crippen LogP contribution in [0.15, 0.2) is 30.3 Å². The van der Waals surface area contributed by atoms with Crippen LogP contribution in [0.1, 0.15) is 65.9 Å². The van der Waals surface area contributed by atoms with Gasteiger partial charge in [0.15, 0.2) is 0 Å². The molecule has 0 spiro atoms. The van der Waals surface area contributed by atoms with Crippen molar-refractivity contribution in [2.24, 2.45) is 0 Å². The van der Waals surface area contributed by atoms with Crippen LogP contribution in [0.5, 0.6) is 0 Å².